The second-order valence-electron chi connectivity index (χ2n) is 3.90. The van der Waals surface area contributed by atoms with E-state index in [4.69, 9.17) is 27.4 Å². The first-order valence-electron chi connectivity index (χ1n) is 5.92. The second-order valence-corrected chi connectivity index (χ2v) is 4.42. The van der Waals surface area contributed by atoms with E-state index in [0.717, 1.165) is 0 Å². The first-order chi connectivity index (χ1) is 9.13. The molecular formula is C13H18N2O3S. The van der Waals surface area contributed by atoms with Gasteiger partial charge in [0.15, 0.2) is 0 Å². The summed E-state index contributed by atoms with van der Waals surface area (Å²) < 4.78 is 10.3. The van der Waals surface area contributed by atoms with Gasteiger partial charge in [-0.3, -0.25) is 4.79 Å². The number of benzene rings is 1. The number of carbonyl (C=O) groups is 1. The molecular weight excluding hydrogens is 264 g/mol. The van der Waals surface area contributed by atoms with Crippen molar-refractivity contribution >= 4 is 28.8 Å². The number of hydrogen-bond acceptors (Lipinski definition) is 4. The van der Waals surface area contributed by atoms with Crippen LogP contribution in [-0.2, 0) is 9.53 Å². The molecule has 0 aliphatic carbocycles. The molecule has 104 valence electrons. The highest BCUT2D eigenvalue weighted by molar-refractivity contribution is 7.80. The molecule has 0 aliphatic rings. The summed E-state index contributed by atoms with van der Waals surface area (Å²) in [6.07, 6.45) is 1.08. The summed E-state index contributed by atoms with van der Waals surface area (Å²) in [5, 5.41) is 2.79. The molecule has 0 saturated heterocycles. The highest BCUT2D eigenvalue weighted by Crippen LogP contribution is 2.23. The number of rotatable bonds is 8. The Balaban J connectivity index is 2.56. The van der Waals surface area contributed by atoms with E-state index in [1.54, 1.807) is 19.2 Å². The van der Waals surface area contributed by atoms with Crippen molar-refractivity contribution in [3.8, 4) is 5.75 Å². The van der Waals surface area contributed by atoms with Crippen LogP contribution in [0.5, 0.6) is 5.75 Å². The third-order valence-electron chi connectivity index (χ3n) is 2.28. The monoisotopic (exact) mass is 282 g/mol. The van der Waals surface area contributed by atoms with E-state index in [1.165, 1.54) is 0 Å². The molecule has 0 radical (unpaired) electrons. The van der Waals surface area contributed by atoms with Crippen molar-refractivity contribution in [1.82, 2.24) is 0 Å². The highest BCUT2D eigenvalue weighted by Gasteiger charge is 2.07. The predicted molar refractivity (Wildman–Crippen MR) is 78.5 cm³/mol. The fourth-order valence-electron chi connectivity index (χ4n) is 1.43. The molecule has 0 unspecified atom stereocenters. The lowest BCUT2D eigenvalue weighted by Crippen LogP contribution is -2.19. The van der Waals surface area contributed by atoms with Crippen molar-refractivity contribution in [1.29, 1.82) is 0 Å². The summed E-state index contributed by atoms with van der Waals surface area (Å²) in [4.78, 5) is 12.0. The van der Waals surface area contributed by atoms with Crippen LogP contribution in [0, 0.1) is 0 Å². The minimum absolute atomic E-state index is 0.0802. The molecule has 0 bridgehead atoms. The zero-order valence-corrected chi connectivity index (χ0v) is 11.7. The third kappa shape index (κ3) is 6.17. The predicted octanol–water partition coefficient (Wildman–Crippen LogP) is 1.72. The van der Waals surface area contributed by atoms with Gasteiger partial charge in [0.05, 0.1) is 5.69 Å². The summed E-state index contributed by atoms with van der Waals surface area (Å²) in [5.74, 6) is 0.471. The Hall–Kier alpha value is -1.66. The van der Waals surface area contributed by atoms with Crippen LogP contribution in [0.3, 0.4) is 0 Å². The maximum Gasteiger partial charge on any atom is 0.224 e. The molecule has 0 atom stereocenters. The summed E-state index contributed by atoms with van der Waals surface area (Å²) in [5.41, 5.74) is 5.99. The van der Waals surface area contributed by atoms with Crippen molar-refractivity contribution in [2.24, 2.45) is 5.73 Å². The first-order valence-corrected chi connectivity index (χ1v) is 6.33. The van der Waals surface area contributed by atoms with Gasteiger partial charge in [-0.25, -0.2) is 0 Å². The lowest BCUT2D eigenvalue weighted by molar-refractivity contribution is -0.116. The lowest BCUT2D eigenvalue weighted by atomic mass is 10.2. The minimum atomic E-state index is -0.0802. The van der Waals surface area contributed by atoms with Crippen LogP contribution < -0.4 is 15.8 Å². The van der Waals surface area contributed by atoms with Gasteiger partial charge in [-0.1, -0.05) is 24.4 Å². The molecule has 0 heterocycles. The number of anilines is 1. The Bertz CT molecular complexity index is 438. The molecule has 3 N–H and O–H groups in total. The summed E-state index contributed by atoms with van der Waals surface area (Å²) in [6, 6.07) is 7.15. The molecule has 19 heavy (non-hydrogen) atoms. The van der Waals surface area contributed by atoms with Gasteiger partial charge < -0.3 is 20.5 Å². The Kier molecular flexibility index (Phi) is 6.84. The summed E-state index contributed by atoms with van der Waals surface area (Å²) in [7, 11) is 1.61. The number of methoxy groups -OCH3 is 1. The van der Waals surface area contributed by atoms with Gasteiger partial charge in [0.25, 0.3) is 0 Å². The van der Waals surface area contributed by atoms with E-state index in [-0.39, 0.29) is 17.5 Å². The molecule has 1 aromatic rings. The first kappa shape index (κ1) is 15.4. The van der Waals surface area contributed by atoms with Crippen LogP contribution in [0.2, 0.25) is 0 Å². The topological polar surface area (TPSA) is 73.6 Å². The molecule has 5 nitrogen and oxygen atoms in total. The lowest BCUT2D eigenvalue weighted by Gasteiger charge is -2.11. The van der Waals surface area contributed by atoms with Crippen molar-refractivity contribution in [3.63, 3.8) is 0 Å². The van der Waals surface area contributed by atoms with Gasteiger partial charge in [-0.2, -0.15) is 0 Å². The van der Waals surface area contributed by atoms with Gasteiger partial charge in [-0.15, -0.1) is 0 Å². The number of nitrogens with one attached hydrogen (secondary N) is 1. The Morgan fingerprint density at radius 3 is 2.84 bits per heavy atom. The number of nitrogens with two attached hydrogens (primary N) is 1. The van der Waals surface area contributed by atoms with Crippen molar-refractivity contribution in [2.75, 3.05) is 25.6 Å². The number of carbonyl (C=O) groups excluding carboxylic acids is 1. The fraction of sp³-hybridized carbons (Fsp3) is 0.385. The zero-order valence-electron chi connectivity index (χ0n) is 10.8. The number of hydrogen-bond donors (Lipinski definition) is 2. The van der Waals surface area contributed by atoms with E-state index < -0.39 is 0 Å². The average molecular weight is 282 g/mol. The molecule has 0 saturated carbocycles. The molecule has 0 spiro atoms. The number of ether oxygens (including phenoxy) is 2. The van der Waals surface area contributed by atoms with Crippen molar-refractivity contribution in [3.05, 3.63) is 24.3 Å². The van der Waals surface area contributed by atoms with Gasteiger partial charge in [0.1, 0.15) is 17.3 Å². The van der Waals surface area contributed by atoms with E-state index in [2.05, 4.69) is 5.32 Å². The maximum atomic E-state index is 11.7. The Morgan fingerprint density at radius 1 is 1.42 bits per heavy atom. The molecule has 0 fully saturated rings. The second kappa shape index (κ2) is 8.44. The maximum absolute atomic E-state index is 11.7. The van der Waals surface area contributed by atoms with Crippen LogP contribution in [0.25, 0.3) is 0 Å². The summed E-state index contributed by atoms with van der Waals surface area (Å²) in [6.45, 7) is 0.707. The van der Waals surface area contributed by atoms with Crippen LogP contribution in [0.15, 0.2) is 24.3 Å². The number of para-hydroxylation sites is 2. The van der Waals surface area contributed by atoms with E-state index in [0.29, 0.717) is 30.9 Å². The molecule has 1 amide bonds. The van der Waals surface area contributed by atoms with Crippen molar-refractivity contribution in [2.45, 2.75) is 12.8 Å². The van der Waals surface area contributed by atoms with Gasteiger partial charge >= 0.3 is 0 Å². The molecule has 1 aromatic carbocycles. The van der Waals surface area contributed by atoms with Crippen LogP contribution in [0.1, 0.15) is 12.8 Å². The third-order valence-corrected chi connectivity index (χ3v) is 2.40. The molecule has 1 rings (SSSR count). The van der Waals surface area contributed by atoms with E-state index in [9.17, 15) is 4.79 Å². The molecule has 0 aromatic heterocycles. The van der Waals surface area contributed by atoms with Crippen LogP contribution in [-0.4, -0.2) is 31.2 Å². The largest absolute Gasteiger partial charge is 0.484 e. The van der Waals surface area contributed by atoms with Gasteiger partial charge in [-0.05, 0) is 18.6 Å². The molecule has 6 heteroatoms. The Labute approximate surface area is 118 Å². The Morgan fingerprint density at radius 2 is 2.16 bits per heavy atom. The number of thiocarbonyl (C=S) groups is 1. The van der Waals surface area contributed by atoms with Crippen molar-refractivity contribution < 1.29 is 14.3 Å². The minimum Gasteiger partial charge on any atom is -0.484 e. The van der Waals surface area contributed by atoms with Gasteiger partial charge in [0, 0.05) is 20.1 Å². The SMILES string of the molecule is COCCCC(=O)Nc1ccccc1OCC(N)=S. The van der Waals surface area contributed by atoms with Crippen LogP contribution >= 0.6 is 12.2 Å². The smallest absolute Gasteiger partial charge is 0.224 e. The number of amides is 1. The molecule has 0 aliphatic heterocycles. The quantitative estimate of drug-likeness (QED) is 0.561. The average Bonchev–Trinajstić information content (AvgIpc) is 2.38. The van der Waals surface area contributed by atoms with E-state index in [1.807, 2.05) is 12.1 Å². The van der Waals surface area contributed by atoms with Crippen LogP contribution in [0.4, 0.5) is 5.69 Å². The van der Waals surface area contributed by atoms with Gasteiger partial charge in [0.2, 0.25) is 5.91 Å². The zero-order chi connectivity index (χ0) is 14.1. The normalized spacial score (nSPS) is 9.95. The highest BCUT2D eigenvalue weighted by atomic mass is 32.1. The standard InChI is InChI=1S/C13H18N2O3S/c1-17-8-4-7-13(16)15-10-5-2-3-6-11(10)18-9-12(14)19/h2-3,5-6H,4,7-9H2,1H3,(H2,14,19)(H,15,16). The van der Waals surface area contributed by atoms with E-state index >= 15 is 0 Å². The fourth-order valence-corrected chi connectivity index (χ4v) is 1.49. The summed E-state index contributed by atoms with van der Waals surface area (Å²) >= 11 is 4.75.